The summed E-state index contributed by atoms with van der Waals surface area (Å²) in [6, 6.07) is 11.8. The molecular formula is C19H20N4O. The van der Waals surface area contributed by atoms with Crippen molar-refractivity contribution in [1.82, 2.24) is 15.0 Å². The summed E-state index contributed by atoms with van der Waals surface area (Å²) in [6.45, 7) is 3.47. The third-order valence-electron chi connectivity index (χ3n) is 4.74. The molecule has 1 saturated heterocycles. The minimum atomic E-state index is -0.853. The summed E-state index contributed by atoms with van der Waals surface area (Å²) in [5.74, 6) is 0.868. The van der Waals surface area contributed by atoms with Crippen LogP contribution in [-0.2, 0) is 5.60 Å². The van der Waals surface area contributed by atoms with E-state index in [1.165, 1.54) is 0 Å². The molecule has 1 N–H and O–H groups in total. The van der Waals surface area contributed by atoms with Gasteiger partial charge in [-0.05, 0) is 43.5 Å². The number of aliphatic hydroxyl groups is 1. The topological polar surface area (TPSA) is 62.1 Å². The second-order valence-electron chi connectivity index (χ2n) is 6.46. The lowest BCUT2D eigenvalue weighted by Gasteiger charge is -2.38. The number of anilines is 1. The van der Waals surface area contributed by atoms with Crippen LogP contribution in [-0.4, -0.2) is 33.1 Å². The maximum Gasteiger partial charge on any atom is 0.147 e. The van der Waals surface area contributed by atoms with Gasteiger partial charge < -0.3 is 10.0 Å². The average Bonchev–Trinajstić information content (AvgIpc) is 2.62. The number of fused-ring (bicyclic) bond motifs is 1. The summed E-state index contributed by atoms with van der Waals surface area (Å²) < 4.78 is 0. The van der Waals surface area contributed by atoms with Crippen LogP contribution in [0.3, 0.4) is 0 Å². The predicted molar refractivity (Wildman–Crippen MR) is 93.9 cm³/mol. The zero-order valence-electron chi connectivity index (χ0n) is 13.7. The number of pyridine rings is 1. The fraction of sp³-hybridized carbons (Fsp3) is 0.316. The molecule has 5 nitrogen and oxygen atoms in total. The monoisotopic (exact) mass is 320 g/mol. The summed E-state index contributed by atoms with van der Waals surface area (Å²) in [5, 5.41) is 10.9. The second-order valence-corrected chi connectivity index (χ2v) is 6.46. The van der Waals surface area contributed by atoms with Gasteiger partial charge in [-0.2, -0.15) is 0 Å². The average molecular weight is 320 g/mol. The molecule has 1 fully saturated rings. The smallest absolute Gasteiger partial charge is 0.147 e. The summed E-state index contributed by atoms with van der Waals surface area (Å²) in [6.07, 6.45) is 4.90. The highest BCUT2D eigenvalue weighted by molar-refractivity contribution is 5.75. The quantitative estimate of drug-likeness (QED) is 0.787. The number of rotatable bonds is 2. The van der Waals surface area contributed by atoms with Gasteiger partial charge in [-0.1, -0.05) is 18.2 Å². The molecule has 0 unspecified atom stereocenters. The fourth-order valence-electron chi connectivity index (χ4n) is 3.20. The highest BCUT2D eigenvalue weighted by Crippen LogP contribution is 2.33. The van der Waals surface area contributed by atoms with Crippen molar-refractivity contribution >= 4 is 16.9 Å². The summed E-state index contributed by atoms with van der Waals surface area (Å²) in [5.41, 5.74) is 2.81. The van der Waals surface area contributed by atoms with Gasteiger partial charge in [0.2, 0.25) is 0 Å². The van der Waals surface area contributed by atoms with Gasteiger partial charge in [0.25, 0.3) is 0 Å². The van der Waals surface area contributed by atoms with E-state index in [-0.39, 0.29) is 0 Å². The molecule has 3 aromatic rings. The van der Waals surface area contributed by atoms with Gasteiger partial charge in [0.15, 0.2) is 0 Å². The Balaban J connectivity index is 1.53. The van der Waals surface area contributed by atoms with E-state index in [0.717, 1.165) is 41.2 Å². The molecule has 2 aromatic heterocycles. The Morgan fingerprint density at radius 1 is 0.958 bits per heavy atom. The molecule has 24 heavy (non-hydrogen) atoms. The molecular weight excluding hydrogens is 300 g/mol. The Bertz CT molecular complexity index is 855. The molecule has 0 spiro atoms. The normalized spacial score (nSPS) is 17.2. The third kappa shape index (κ3) is 2.71. The largest absolute Gasteiger partial charge is 0.383 e. The number of benzene rings is 1. The van der Waals surface area contributed by atoms with Crippen LogP contribution >= 0.6 is 0 Å². The molecule has 1 aromatic carbocycles. The van der Waals surface area contributed by atoms with Gasteiger partial charge >= 0.3 is 0 Å². The molecule has 5 heteroatoms. The van der Waals surface area contributed by atoms with E-state index in [1.807, 2.05) is 55.7 Å². The SMILES string of the molecule is Cc1ccc(C2(O)CCN(c3cnc4ccccc4n3)CC2)nc1. The first-order valence-electron chi connectivity index (χ1n) is 8.26. The van der Waals surface area contributed by atoms with Gasteiger partial charge in [-0.15, -0.1) is 0 Å². The maximum absolute atomic E-state index is 10.9. The van der Waals surface area contributed by atoms with E-state index in [4.69, 9.17) is 4.98 Å². The number of nitrogens with zero attached hydrogens (tertiary/aromatic N) is 4. The van der Waals surface area contributed by atoms with Crippen LogP contribution in [0.15, 0.2) is 48.8 Å². The first-order valence-corrected chi connectivity index (χ1v) is 8.26. The zero-order valence-corrected chi connectivity index (χ0v) is 13.7. The second kappa shape index (κ2) is 5.83. The lowest BCUT2D eigenvalue weighted by atomic mass is 9.87. The molecule has 1 aliphatic heterocycles. The Hall–Kier alpha value is -2.53. The zero-order chi connectivity index (χ0) is 16.6. The first kappa shape index (κ1) is 15.0. The molecule has 0 saturated carbocycles. The number of para-hydroxylation sites is 2. The number of hydrogen-bond acceptors (Lipinski definition) is 5. The van der Waals surface area contributed by atoms with Crippen molar-refractivity contribution in [2.75, 3.05) is 18.0 Å². The minimum absolute atomic E-state index is 0.636. The first-order chi connectivity index (χ1) is 11.6. The Morgan fingerprint density at radius 3 is 2.42 bits per heavy atom. The van der Waals surface area contributed by atoms with E-state index in [1.54, 1.807) is 0 Å². The van der Waals surface area contributed by atoms with Crippen molar-refractivity contribution in [2.45, 2.75) is 25.4 Å². The van der Waals surface area contributed by atoms with Crippen molar-refractivity contribution in [3.05, 3.63) is 60.0 Å². The Morgan fingerprint density at radius 2 is 1.71 bits per heavy atom. The molecule has 0 atom stereocenters. The third-order valence-corrected chi connectivity index (χ3v) is 4.74. The summed E-state index contributed by atoms with van der Waals surface area (Å²) in [7, 11) is 0. The van der Waals surface area contributed by atoms with Gasteiger partial charge in [0.05, 0.1) is 22.9 Å². The number of aromatic nitrogens is 3. The molecule has 0 bridgehead atoms. The molecule has 4 rings (SSSR count). The van der Waals surface area contributed by atoms with Crippen molar-refractivity contribution in [1.29, 1.82) is 0 Å². The van der Waals surface area contributed by atoms with Crippen LogP contribution in [0.25, 0.3) is 11.0 Å². The van der Waals surface area contributed by atoms with Crippen LogP contribution in [0.4, 0.5) is 5.82 Å². The van der Waals surface area contributed by atoms with Crippen LogP contribution < -0.4 is 4.90 Å². The molecule has 0 aliphatic carbocycles. The van der Waals surface area contributed by atoms with Gasteiger partial charge in [0, 0.05) is 19.3 Å². The highest BCUT2D eigenvalue weighted by atomic mass is 16.3. The van der Waals surface area contributed by atoms with Crippen LogP contribution in [0.2, 0.25) is 0 Å². The van der Waals surface area contributed by atoms with E-state index >= 15 is 0 Å². The summed E-state index contributed by atoms with van der Waals surface area (Å²) >= 11 is 0. The van der Waals surface area contributed by atoms with Gasteiger partial charge in [0.1, 0.15) is 11.4 Å². The number of piperidine rings is 1. The fourth-order valence-corrected chi connectivity index (χ4v) is 3.20. The molecule has 1 aliphatic rings. The predicted octanol–water partition coefficient (Wildman–Crippen LogP) is 2.82. The lowest BCUT2D eigenvalue weighted by Crippen LogP contribution is -2.43. The van der Waals surface area contributed by atoms with Gasteiger partial charge in [-0.3, -0.25) is 9.97 Å². The number of hydrogen-bond donors (Lipinski definition) is 1. The van der Waals surface area contributed by atoms with E-state index in [2.05, 4.69) is 14.9 Å². The van der Waals surface area contributed by atoms with Crippen molar-refractivity contribution in [3.8, 4) is 0 Å². The standard InChI is InChI=1S/C19H20N4O/c1-14-6-7-17(21-12-14)19(24)8-10-23(11-9-19)18-13-20-15-4-2-3-5-16(15)22-18/h2-7,12-13,24H,8-11H2,1H3. The van der Waals surface area contributed by atoms with E-state index < -0.39 is 5.60 Å². The van der Waals surface area contributed by atoms with Crippen molar-refractivity contribution < 1.29 is 5.11 Å². The summed E-state index contributed by atoms with van der Waals surface area (Å²) in [4.78, 5) is 15.8. The molecule has 122 valence electrons. The van der Waals surface area contributed by atoms with Gasteiger partial charge in [-0.25, -0.2) is 4.98 Å². The van der Waals surface area contributed by atoms with E-state index in [0.29, 0.717) is 12.8 Å². The minimum Gasteiger partial charge on any atom is -0.383 e. The molecule has 0 radical (unpaired) electrons. The van der Waals surface area contributed by atoms with Crippen LogP contribution in [0.5, 0.6) is 0 Å². The van der Waals surface area contributed by atoms with Crippen molar-refractivity contribution in [2.24, 2.45) is 0 Å². The Kier molecular flexibility index (Phi) is 3.65. The molecule has 0 amide bonds. The van der Waals surface area contributed by atoms with Crippen LogP contribution in [0, 0.1) is 6.92 Å². The molecule has 3 heterocycles. The van der Waals surface area contributed by atoms with Crippen LogP contribution in [0.1, 0.15) is 24.1 Å². The highest BCUT2D eigenvalue weighted by Gasteiger charge is 2.35. The number of aryl methyl sites for hydroxylation is 1. The lowest BCUT2D eigenvalue weighted by molar-refractivity contribution is 0.00748. The maximum atomic E-state index is 10.9. The van der Waals surface area contributed by atoms with Crippen molar-refractivity contribution in [3.63, 3.8) is 0 Å². The van der Waals surface area contributed by atoms with E-state index in [9.17, 15) is 5.11 Å². The Labute approximate surface area is 141 Å².